The summed E-state index contributed by atoms with van der Waals surface area (Å²) in [7, 11) is 3.30. The molecule has 0 saturated carbocycles. The topological polar surface area (TPSA) is 59.6 Å². The van der Waals surface area contributed by atoms with Crippen molar-refractivity contribution in [1.82, 2.24) is 10.6 Å². The molecule has 1 unspecified atom stereocenters. The molecule has 1 amide bonds. The molecule has 2 rings (SSSR count). The van der Waals surface area contributed by atoms with Crippen molar-refractivity contribution in [3.8, 4) is 11.5 Å². The van der Waals surface area contributed by atoms with E-state index in [1.807, 2.05) is 26.8 Å². The van der Waals surface area contributed by atoms with E-state index in [9.17, 15) is 4.79 Å². The molecule has 1 heterocycles. The Bertz CT molecular complexity index is 564. The van der Waals surface area contributed by atoms with E-state index in [2.05, 4.69) is 16.7 Å². The lowest BCUT2D eigenvalue weighted by molar-refractivity contribution is -0.122. The number of carbonyl (C=O) groups is 1. The number of benzene rings is 1. The molecule has 1 aromatic carbocycles. The zero-order chi connectivity index (χ0) is 17.0. The summed E-state index contributed by atoms with van der Waals surface area (Å²) >= 11 is 0. The molecule has 1 aliphatic rings. The van der Waals surface area contributed by atoms with Gasteiger partial charge in [0.25, 0.3) is 0 Å². The van der Waals surface area contributed by atoms with Crippen LogP contribution >= 0.6 is 0 Å². The largest absolute Gasteiger partial charge is 0.493 e. The molecule has 128 valence electrons. The molecule has 2 N–H and O–H groups in total. The van der Waals surface area contributed by atoms with Crippen molar-refractivity contribution in [1.29, 1.82) is 0 Å². The lowest BCUT2D eigenvalue weighted by atomic mass is 9.91. The Morgan fingerprint density at radius 3 is 2.52 bits per heavy atom. The SMILES string of the molecule is COc1cc2c(cc1OC)C(CCC(=O)NC(C)(C)C)NCC2. The maximum Gasteiger partial charge on any atom is 0.220 e. The highest BCUT2D eigenvalue weighted by molar-refractivity contribution is 5.76. The Morgan fingerprint density at radius 2 is 1.91 bits per heavy atom. The molecule has 5 nitrogen and oxygen atoms in total. The third-order valence-corrected chi connectivity index (χ3v) is 3.98. The fourth-order valence-corrected chi connectivity index (χ4v) is 2.98. The van der Waals surface area contributed by atoms with Crippen LogP contribution in [0.15, 0.2) is 12.1 Å². The van der Waals surface area contributed by atoms with Crippen LogP contribution in [-0.2, 0) is 11.2 Å². The van der Waals surface area contributed by atoms with Crippen LogP contribution in [0.3, 0.4) is 0 Å². The van der Waals surface area contributed by atoms with Crippen LogP contribution < -0.4 is 20.1 Å². The van der Waals surface area contributed by atoms with E-state index in [1.54, 1.807) is 14.2 Å². The quantitative estimate of drug-likeness (QED) is 0.875. The molecule has 0 radical (unpaired) electrons. The van der Waals surface area contributed by atoms with Crippen molar-refractivity contribution in [2.75, 3.05) is 20.8 Å². The van der Waals surface area contributed by atoms with Gasteiger partial charge in [0, 0.05) is 18.0 Å². The summed E-state index contributed by atoms with van der Waals surface area (Å²) in [6.45, 7) is 6.90. The molecule has 0 aromatic heterocycles. The van der Waals surface area contributed by atoms with Crippen LogP contribution in [0.25, 0.3) is 0 Å². The summed E-state index contributed by atoms with van der Waals surface area (Å²) in [5, 5.41) is 6.52. The molecule has 1 atom stereocenters. The van der Waals surface area contributed by atoms with Crippen LogP contribution in [0.2, 0.25) is 0 Å². The summed E-state index contributed by atoms with van der Waals surface area (Å²) < 4.78 is 10.8. The van der Waals surface area contributed by atoms with Gasteiger partial charge in [0.15, 0.2) is 11.5 Å². The number of hydrogen-bond donors (Lipinski definition) is 2. The molecule has 23 heavy (non-hydrogen) atoms. The van der Waals surface area contributed by atoms with E-state index >= 15 is 0 Å². The average Bonchev–Trinajstić information content (AvgIpc) is 2.49. The van der Waals surface area contributed by atoms with Crippen LogP contribution in [0, 0.1) is 0 Å². The van der Waals surface area contributed by atoms with E-state index < -0.39 is 0 Å². The van der Waals surface area contributed by atoms with Gasteiger partial charge >= 0.3 is 0 Å². The Labute approximate surface area is 138 Å². The zero-order valence-electron chi connectivity index (χ0n) is 14.8. The minimum Gasteiger partial charge on any atom is -0.493 e. The van der Waals surface area contributed by atoms with Crippen molar-refractivity contribution in [2.45, 2.75) is 51.6 Å². The third-order valence-electron chi connectivity index (χ3n) is 3.98. The highest BCUT2D eigenvalue weighted by Crippen LogP contribution is 2.36. The van der Waals surface area contributed by atoms with E-state index in [0.717, 1.165) is 30.9 Å². The maximum absolute atomic E-state index is 12.1. The Hall–Kier alpha value is -1.75. The number of fused-ring (bicyclic) bond motifs is 1. The minimum atomic E-state index is -0.189. The molecular formula is C18H28N2O3. The molecule has 5 heteroatoms. The van der Waals surface area contributed by atoms with Crippen molar-refractivity contribution >= 4 is 5.91 Å². The molecule has 0 aliphatic carbocycles. The predicted molar refractivity (Wildman–Crippen MR) is 91.1 cm³/mol. The third kappa shape index (κ3) is 4.61. The van der Waals surface area contributed by atoms with Gasteiger partial charge in [-0.25, -0.2) is 0 Å². The summed E-state index contributed by atoms with van der Waals surface area (Å²) in [4.78, 5) is 12.1. The van der Waals surface area contributed by atoms with Crippen LogP contribution in [-0.4, -0.2) is 32.2 Å². The average molecular weight is 320 g/mol. The van der Waals surface area contributed by atoms with Gasteiger partial charge in [-0.3, -0.25) is 4.79 Å². The number of ether oxygens (including phenoxy) is 2. The highest BCUT2D eigenvalue weighted by Gasteiger charge is 2.23. The Kier molecular flexibility index (Phi) is 5.52. The van der Waals surface area contributed by atoms with Crippen LogP contribution in [0.5, 0.6) is 11.5 Å². The van der Waals surface area contributed by atoms with Crippen LogP contribution in [0.1, 0.15) is 50.8 Å². The van der Waals surface area contributed by atoms with Crippen molar-refractivity contribution in [3.05, 3.63) is 23.3 Å². The maximum atomic E-state index is 12.1. The minimum absolute atomic E-state index is 0.0897. The molecule has 0 bridgehead atoms. The van der Waals surface area contributed by atoms with Gasteiger partial charge in [-0.2, -0.15) is 0 Å². The molecule has 0 saturated heterocycles. The first-order valence-electron chi connectivity index (χ1n) is 8.13. The van der Waals surface area contributed by atoms with Crippen LogP contribution in [0.4, 0.5) is 0 Å². The number of hydrogen-bond acceptors (Lipinski definition) is 4. The number of methoxy groups -OCH3 is 2. The van der Waals surface area contributed by atoms with Gasteiger partial charge in [-0.05, 0) is 63.4 Å². The zero-order valence-corrected chi connectivity index (χ0v) is 14.8. The molecule has 0 spiro atoms. The Morgan fingerprint density at radius 1 is 1.26 bits per heavy atom. The first-order chi connectivity index (χ1) is 10.8. The van der Waals surface area contributed by atoms with Gasteiger partial charge in [0.1, 0.15) is 0 Å². The van der Waals surface area contributed by atoms with Gasteiger partial charge in [-0.15, -0.1) is 0 Å². The van der Waals surface area contributed by atoms with Gasteiger partial charge in [0.05, 0.1) is 14.2 Å². The molecule has 1 aliphatic heterocycles. The number of rotatable bonds is 5. The van der Waals surface area contributed by atoms with Crippen molar-refractivity contribution in [2.24, 2.45) is 0 Å². The van der Waals surface area contributed by atoms with E-state index in [-0.39, 0.29) is 17.5 Å². The van der Waals surface area contributed by atoms with E-state index in [1.165, 1.54) is 11.1 Å². The molecule has 1 aromatic rings. The van der Waals surface area contributed by atoms with Crippen molar-refractivity contribution < 1.29 is 14.3 Å². The van der Waals surface area contributed by atoms with Crippen molar-refractivity contribution in [3.63, 3.8) is 0 Å². The first kappa shape index (κ1) is 17.6. The van der Waals surface area contributed by atoms with E-state index in [0.29, 0.717) is 6.42 Å². The standard InChI is InChI=1S/C18H28N2O3/c1-18(2,3)20-17(21)7-6-14-13-11-16(23-5)15(22-4)10-12(13)8-9-19-14/h10-11,14,19H,6-9H2,1-5H3,(H,20,21). The summed E-state index contributed by atoms with van der Waals surface area (Å²) in [5.41, 5.74) is 2.28. The van der Waals surface area contributed by atoms with Gasteiger partial charge in [0.2, 0.25) is 5.91 Å². The normalized spacial score (nSPS) is 17.3. The van der Waals surface area contributed by atoms with E-state index in [4.69, 9.17) is 9.47 Å². The smallest absolute Gasteiger partial charge is 0.220 e. The molecular weight excluding hydrogens is 292 g/mol. The summed E-state index contributed by atoms with van der Waals surface area (Å²) in [6, 6.07) is 4.26. The summed E-state index contributed by atoms with van der Waals surface area (Å²) in [5.74, 6) is 1.59. The summed E-state index contributed by atoms with van der Waals surface area (Å²) in [6.07, 6.45) is 2.23. The Balaban J connectivity index is 2.10. The monoisotopic (exact) mass is 320 g/mol. The lowest BCUT2D eigenvalue weighted by Gasteiger charge is -2.28. The predicted octanol–water partition coefficient (Wildman–Crippen LogP) is 2.59. The first-order valence-corrected chi connectivity index (χ1v) is 8.13. The second kappa shape index (κ2) is 7.21. The number of carbonyl (C=O) groups excluding carboxylic acids is 1. The fraction of sp³-hybridized carbons (Fsp3) is 0.611. The highest BCUT2D eigenvalue weighted by atomic mass is 16.5. The van der Waals surface area contributed by atoms with Gasteiger partial charge < -0.3 is 20.1 Å². The second-order valence-corrected chi connectivity index (χ2v) is 7.00. The lowest BCUT2D eigenvalue weighted by Crippen LogP contribution is -2.41. The second-order valence-electron chi connectivity index (χ2n) is 7.00. The number of amides is 1. The van der Waals surface area contributed by atoms with Gasteiger partial charge in [-0.1, -0.05) is 0 Å². The fourth-order valence-electron chi connectivity index (χ4n) is 2.98. The number of nitrogens with one attached hydrogen (secondary N) is 2. The molecule has 0 fully saturated rings.